The van der Waals surface area contributed by atoms with Gasteiger partial charge in [-0.3, -0.25) is 9.59 Å². The van der Waals surface area contributed by atoms with E-state index >= 15 is 0 Å². The summed E-state index contributed by atoms with van der Waals surface area (Å²) in [4.78, 5) is 35.5. The number of carbonyl (C=O) groups excluding carboxylic acids is 3. The second-order valence-corrected chi connectivity index (χ2v) is 5.99. The Morgan fingerprint density at radius 1 is 1.08 bits per heavy atom. The standard InChI is InChI=1S/C20H23NO5/c1-15(22)18(12-19(23)25-13-16-8-4-2-5-9-16)21-20(24)26-14-17-10-6-3-7-11-17/h2,4-6,8-11,18H,3,7,12-14H2,1H3,(H,21,24)/t18-/m1/s1. The SMILES string of the molecule is CC(=O)[C@@H](CC(=O)OCc1ccccc1)NC(=O)OCC1=CCCC=C1. The second kappa shape index (κ2) is 10.2. The molecule has 26 heavy (non-hydrogen) atoms. The van der Waals surface area contributed by atoms with E-state index in [1.165, 1.54) is 6.92 Å². The fourth-order valence-electron chi connectivity index (χ4n) is 2.37. The quantitative estimate of drug-likeness (QED) is 0.723. The van der Waals surface area contributed by atoms with Gasteiger partial charge in [0.25, 0.3) is 0 Å². The molecule has 0 spiro atoms. The minimum Gasteiger partial charge on any atom is -0.461 e. The van der Waals surface area contributed by atoms with E-state index in [1.54, 1.807) is 0 Å². The van der Waals surface area contributed by atoms with Gasteiger partial charge >= 0.3 is 12.1 Å². The lowest BCUT2D eigenvalue weighted by Crippen LogP contribution is -2.42. The van der Waals surface area contributed by atoms with E-state index < -0.39 is 18.1 Å². The summed E-state index contributed by atoms with van der Waals surface area (Å²) < 4.78 is 10.2. The summed E-state index contributed by atoms with van der Waals surface area (Å²) in [5.41, 5.74) is 1.76. The van der Waals surface area contributed by atoms with Gasteiger partial charge in [-0.25, -0.2) is 4.79 Å². The lowest BCUT2D eigenvalue weighted by atomic mass is 10.1. The molecule has 1 aliphatic carbocycles. The van der Waals surface area contributed by atoms with E-state index in [0.29, 0.717) is 0 Å². The van der Waals surface area contributed by atoms with Crippen molar-refractivity contribution < 1.29 is 23.9 Å². The number of hydrogen-bond donors (Lipinski definition) is 1. The molecule has 1 amide bonds. The van der Waals surface area contributed by atoms with Crippen molar-refractivity contribution in [2.75, 3.05) is 6.61 Å². The summed E-state index contributed by atoms with van der Waals surface area (Å²) in [7, 11) is 0. The van der Waals surface area contributed by atoms with Crippen LogP contribution in [0.4, 0.5) is 4.79 Å². The zero-order valence-corrected chi connectivity index (χ0v) is 14.8. The summed E-state index contributed by atoms with van der Waals surface area (Å²) in [6.07, 6.45) is 6.84. The van der Waals surface area contributed by atoms with Crippen LogP contribution in [0.2, 0.25) is 0 Å². The Kier molecular flexibility index (Phi) is 7.61. The topological polar surface area (TPSA) is 81.7 Å². The fraction of sp³-hybridized carbons (Fsp3) is 0.350. The highest BCUT2D eigenvalue weighted by Gasteiger charge is 2.22. The zero-order valence-electron chi connectivity index (χ0n) is 14.8. The van der Waals surface area contributed by atoms with Gasteiger partial charge in [0, 0.05) is 0 Å². The molecule has 0 bridgehead atoms. The molecule has 1 N–H and O–H groups in total. The monoisotopic (exact) mass is 357 g/mol. The van der Waals surface area contributed by atoms with E-state index in [9.17, 15) is 14.4 Å². The normalized spacial score (nSPS) is 14.1. The molecule has 0 heterocycles. The van der Waals surface area contributed by atoms with Gasteiger partial charge in [0.1, 0.15) is 19.3 Å². The largest absolute Gasteiger partial charge is 0.461 e. The fourth-order valence-corrected chi connectivity index (χ4v) is 2.37. The molecular formula is C20H23NO5. The van der Waals surface area contributed by atoms with Crippen molar-refractivity contribution in [3.63, 3.8) is 0 Å². The van der Waals surface area contributed by atoms with E-state index in [-0.39, 0.29) is 25.4 Å². The molecule has 0 aromatic heterocycles. The zero-order chi connectivity index (χ0) is 18.8. The molecule has 1 aliphatic rings. The van der Waals surface area contributed by atoms with Crippen LogP contribution in [0.1, 0.15) is 31.7 Å². The van der Waals surface area contributed by atoms with Gasteiger partial charge in [-0.15, -0.1) is 0 Å². The molecule has 1 aromatic rings. The number of hydrogen-bond acceptors (Lipinski definition) is 5. The minimum atomic E-state index is -0.971. The summed E-state index contributed by atoms with van der Waals surface area (Å²) >= 11 is 0. The van der Waals surface area contributed by atoms with E-state index in [1.807, 2.05) is 48.6 Å². The van der Waals surface area contributed by atoms with Crippen LogP contribution in [0.3, 0.4) is 0 Å². The first-order chi connectivity index (χ1) is 12.5. The minimum absolute atomic E-state index is 0.120. The van der Waals surface area contributed by atoms with Gasteiger partial charge in [-0.05, 0) is 30.9 Å². The number of nitrogens with one attached hydrogen (secondary N) is 1. The van der Waals surface area contributed by atoms with Gasteiger partial charge in [0.2, 0.25) is 0 Å². The van der Waals surface area contributed by atoms with E-state index in [0.717, 1.165) is 24.0 Å². The maximum absolute atomic E-state index is 11.9. The van der Waals surface area contributed by atoms with Crippen LogP contribution in [0.5, 0.6) is 0 Å². The first kappa shape index (κ1) is 19.4. The molecule has 2 rings (SSSR count). The third-order valence-electron chi connectivity index (χ3n) is 3.84. The molecular weight excluding hydrogens is 334 g/mol. The predicted octanol–water partition coefficient (Wildman–Crippen LogP) is 3.08. The van der Waals surface area contributed by atoms with Crippen molar-refractivity contribution in [1.29, 1.82) is 0 Å². The molecule has 6 nitrogen and oxygen atoms in total. The molecule has 0 aliphatic heterocycles. The Balaban J connectivity index is 1.77. The van der Waals surface area contributed by atoms with Crippen LogP contribution in [0.15, 0.2) is 54.1 Å². The summed E-state index contributed by atoms with van der Waals surface area (Å²) in [6, 6.07) is 8.25. The lowest BCUT2D eigenvalue weighted by Gasteiger charge is -2.16. The van der Waals surface area contributed by atoms with Crippen molar-refractivity contribution in [3.05, 3.63) is 59.7 Å². The third kappa shape index (κ3) is 6.93. The first-order valence-electron chi connectivity index (χ1n) is 8.53. The Hall–Kier alpha value is -2.89. The lowest BCUT2D eigenvalue weighted by molar-refractivity contribution is -0.146. The molecule has 0 saturated carbocycles. The van der Waals surface area contributed by atoms with Crippen molar-refractivity contribution in [1.82, 2.24) is 5.32 Å². The van der Waals surface area contributed by atoms with Crippen LogP contribution >= 0.6 is 0 Å². The molecule has 0 saturated heterocycles. The molecule has 0 unspecified atom stereocenters. The number of carbonyl (C=O) groups is 3. The number of rotatable bonds is 8. The molecule has 1 aromatic carbocycles. The Labute approximate surface area is 152 Å². The van der Waals surface area contributed by atoms with Crippen molar-refractivity contribution >= 4 is 17.8 Å². The highest BCUT2D eigenvalue weighted by molar-refractivity contribution is 5.89. The van der Waals surface area contributed by atoms with Crippen LogP contribution < -0.4 is 5.32 Å². The van der Waals surface area contributed by atoms with Gasteiger partial charge in [0.05, 0.1) is 6.42 Å². The van der Waals surface area contributed by atoms with Crippen LogP contribution in [-0.2, 0) is 25.7 Å². The van der Waals surface area contributed by atoms with Crippen LogP contribution in [0.25, 0.3) is 0 Å². The molecule has 1 atom stereocenters. The predicted molar refractivity (Wildman–Crippen MR) is 96.3 cm³/mol. The molecule has 6 heteroatoms. The number of Topliss-reactive ketones (excluding diaryl/α,β-unsaturated/α-hetero) is 1. The summed E-state index contributed by atoms with van der Waals surface area (Å²) in [5, 5.41) is 2.42. The van der Waals surface area contributed by atoms with Crippen molar-refractivity contribution in [2.45, 2.75) is 38.8 Å². The number of esters is 1. The van der Waals surface area contributed by atoms with Gasteiger partial charge in [-0.1, -0.05) is 48.6 Å². The Morgan fingerprint density at radius 3 is 2.50 bits per heavy atom. The summed E-state index contributed by atoms with van der Waals surface area (Å²) in [5.74, 6) is -0.900. The number of allylic oxidation sites excluding steroid dienone is 2. The van der Waals surface area contributed by atoms with Gasteiger partial charge in [-0.2, -0.15) is 0 Å². The highest BCUT2D eigenvalue weighted by Crippen LogP contribution is 2.10. The number of ether oxygens (including phenoxy) is 2. The number of ketones is 1. The van der Waals surface area contributed by atoms with E-state index in [4.69, 9.17) is 9.47 Å². The Morgan fingerprint density at radius 2 is 1.85 bits per heavy atom. The van der Waals surface area contributed by atoms with Crippen molar-refractivity contribution in [3.8, 4) is 0 Å². The smallest absolute Gasteiger partial charge is 0.408 e. The average Bonchev–Trinajstić information content (AvgIpc) is 2.66. The molecule has 0 radical (unpaired) electrons. The Bertz CT molecular complexity index is 693. The number of benzene rings is 1. The maximum atomic E-state index is 11.9. The maximum Gasteiger partial charge on any atom is 0.408 e. The average molecular weight is 357 g/mol. The number of alkyl carbamates (subject to hydrolysis) is 1. The summed E-state index contributed by atoms with van der Waals surface area (Å²) in [6.45, 7) is 1.56. The molecule has 138 valence electrons. The van der Waals surface area contributed by atoms with Crippen LogP contribution in [-0.4, -0.2) is 30.5 Å². The first-order valence-corrected chi connectivity index (χ1v) is 8.53. The highest BCUT2D eigenvalue weighted by atomic mass is 16.5. The third-order valence-corrected chi connectivity index (χ3v) is 3.84. The second-order valence-electron chi connectivity index (χ2n) is 5.99. The van der Waals surface area contributed by atoms with Crippen molar-refractivity contribution in [2.24, 2.45) is 0 Å². The number of amides is 1. The molecule has 0 fully saturated rings. The van der Waals surface area contributed by atoms with Crippen LogP contribution in [0, 0.1) is 0 Å². The van der Waals surface area contributed by atoms with Gasteiger partial charge in [0.15, 0.2) is 5.78 Å². The van der Waals surface area contributed by atoms with Gasteiger partial charge < -0.3 is 14.8 Å². The van der Waals surface area contributed by atoms with E-state index in [2.05, 4.69) is 5.32 Å².